The zero-order valence-electron chi connectivity index (χ0n) is 11.5. The van der Waals surface area contributed by atoms with Gasteiger partial charge in [-0.2, -0.15) is 0 Å². The van der Waals surface area contributed by atoms with Gasteiger partial charge in [0.05, 0.1) is 5.33 Å². The Balaban J connectivity index is 2.66. The molecule has 0 saturated heterocycles. The molecule has 0 amide bonds. The lowest BCUT2D eigenvalue weighted by atomic mass is 10.0. The summed E-state index contributed by atoms with van der Waals surface area (Å²) in [5.41, 5.74) is 2.10. The summed E-state index contributed by atoms with van der Waals surface area (Å²) in [5, 5.41) is 10.1. The first-order chi connectivity index (χ1) is 8.84. The van der Waals surface area contributed by atoms with Crippen molar-refractivity contribution in [3.8, 4) is 11.4 Å². The van der Waals surface area contributed by atoms with Crippen LogP contribution in [0.3, 0.4) is 0 Å². The van der Waals surface area contributed by atoms with Gasteiger partial charge >= 0.3 is 0 Å². The smallest absolute Gasteiger partial charge is 0.164 e. The third-order valence-corrected chi connectivity index (χ3v) is 3.69. The Hall–Kier alpha value is -0.870. The highest BCUT2D eigenvalue weighted by molar-refractivity contribution is 9.08. The molecule has 0 spiro atoms. The van der Waals surface area contributed by atoms with Crippen LogP contribution in [0.1, 0.15) is 32.2 Å². The molecule has 0 bridgehead atoms. The van der Waals surface area contributed by atoms with Gasteiger partial charge in [-0.1, -0.05) is 27.5 Å². The first kappa shape index (κ1) is 14.5. The maximum Gasteiger partial charge on any atom is 0.164 e. The van der Waals surface area contributed by atoms with Crippen molar-refractivity contribution in [3.05, 3.63) is 34.6 Å². The minimum atomic E-state index is -0.0754. The SMILES string of the molecule is Cc1cc(Cl)ccc1-c1nnc(CBr)n1C(C)(C)C. The lowest BCUT2D eigenvalue weighted by Crippen LogP contribution is -2.25. The number of aryl methyl sites for hydroxylation is 1. The second-order valence-corrected chi connectivity index (χ2v) is 6.54. The number of hydrogen-bond donors (Lipinski definition) is 0. The molecule has 0 radical (unpaired) electrons. The third kappa shape index (κ3) is 2.84. The first-order valence-electron chi connectivity index (χ1n) is 6.12. The van der Waals surface area contributed by atoms with E-state index in [1.165, 1.54) is 0 Å². The van der Waals surface area contributed by atoms with Crippen LogP contribution in [0.15, 0.2) is 18.2 Å². The van der Waals surface area contributed by atoms with Crippen LogP contribution in [0.2, 0.25) is 5.02 Å². The van der Waals surface area contributed by atoms with Crippen LogP contribution < -0.4 is 0 Å². The molecule has 2 rings (SSSR count). The molecule has 19 heavy (non-hydrogen) atoms. The largest absolute Gasteiger partial charge is 0.305 e. The van der Waals surface area contributed by atoms with E-state index in [-0.39, 0.29) is 5.54 Å². The molecule has 0 saturated carbocycles. The van der Waals surface area contributed by atoms with Crippen LogP contribution in [0.4, 0.5) is 0 Å². The molecule has 1 aromatic heterocycles. The van der Waals surface area contributed by atoms with Crippen molar-refractivity contribution >= 4 is 27.5 Å². The predicted molar refractivity (Wildman–Crippen MR) is 82.8 cm³/mol. The molecule has 1 aromatic carbocycles. The van der Waals surface area contributed by atoms with E-state index in [0.717, 1.165) is 27.8 Å². The van der Waals surface area contributed by atoms with E-state index in [2.05, 4.69) is 51.5 Å². The van der Waals surface area contributed by atoms with Gasteiger partial charge in [0.1, 0.15) is 5.82 Å². The molecule has 2 aromatic rings. The van der Waals surface area contributed by atoms with Crippen molar-refractivity contribution in [3.63, 3.8) is 0 Å². The Morgan fingerprint density at radius 3 is 2.47 bits per heavy atom. The molecular weight excluding hydrogens is 326 g/mol. The van der Waals surface area contributed by atoms with E-state index in [4.69, 9.17) is 11.6 Å². The van der Waals surface area contributed by atoms with E-state index in [0.29, 0.717) is 5.33 Å². The normalized spacial score (nSPS) is 11.9. The summed E-state index contributed by atoms with van der Waals surface area (Å²) in [7, 11) is 0. The highest BCUT2D eigenvalue weighted by atomic mass is 79.9. The van der Waals surface area contributed by atoms with Gasteiger partial charge in [0, 0.05) is 16.1 Å². The fourth-order valence-electron chi connectivity index (χ4n) is 2.16. The summed E-state index contributed by atoms with van der Waals surface area (Å²) >= 11 is 9.49. The molecule has 0 aliphatic heterocycles. The van der Waals surface area contributed by atoms with Crippen molar-refractivity contribution in [2.24, 2.45) is 0 Å². The number of benzene rings is 1. The topological polar surface area (TPSA) is 30.7 Å². The minimum Gasteiger partial charge on any atom is -0.305 e. The molecule has 102 valence electrons. The monoisotopic (exact) mass is 341 g/mol. The first-order valence-corrected chi connectivity index (χ1v) is 7.62. The molecule has 0 atom stereocenters. The molecular formula is C14H17BrClN3. The van der Waals surface area contributed by atoms with Crippen molar-refractivity contribution in [1.29, 1.82) is 0 Å². The highest BCUT2D eigenvalue weighted by Gasteiger charge is 2.24. The maximum atomic E-state index is 6.02. The van der Waals surface area contributed by atoms with Gasteiger partial charge in [0.25, 0.3) is 0 Å². The Kier molecular flexibility index (Phi) is 4.02. The van der Waals surface area contributed by atoms with E-state index in [1.807, 2.05) is 25.1 Å². The number of alkyl halides is 1. The van der Waals surface area contributed by atoms with Gasteiger partial charge in [0.15, 0.2) is 5.82 Å². The molecule has 0 aliphatic carbocycles. The quantitative estimate of drug-likeness (QED) is 0.749. The predicted octanol–water partition coefficient (Wildman–Crippen LogP) is 4.56. The second-order valence-electron chi connectivity index (χ2n) is 5.54. The van der Waals surface area contributed by atoms with Crippen LogP contribution in [0.25, 0.3) is 11.4 Å². The minimum absolute atomic E-state index is 0.0754. The van der Waals surface area contributed by atoms with Crippen LogP contribution in [0.5, 0.6) is 0 Å². The standard InChI is InChI=1S/C14H17BrClN3/c1-9-7-10(16)5-6-11(9)13-18-17-12(8-15)19(13)14(2,3)4/h5-7H,8H2,1-4H3. The number of rotatable bonds is 2. The Bertz CT molecular complexity index is 599. The summed E-state index contributed by atoms with van der Waals surface area (Å²) in [6, 6.07) is 5.84. The number of aromatic nitrogens is 3. The zero-order valence-corrected chi connectivity index (χ0v) is 13.9. The Morgan fingerprint density at radius 1 is 1.26 bits per heavy atom. The van der Waals surface area contributed by atoms with Gasteiger partial charge in [-0.3, -0.25) is 0 Å². The lowest BCUT2D eigenvalue weighted by molar-refractivity contribution is 0.391. The van der Waals surface area contributed by atoms with Gasteiger partial charge in [-0.05, 0) is 51.5 Å². The Labute approximate surface area is 127 Å². The molecule has 5 heteroatoms. The van der Waals surface area contributed by atoms with Gasteiger partial charge in [-0.25, -0.2) is 0 Å². The third-order valence-electron chi connectivity index (χ3n) is 2.95. The van der Waals surface area contributed by atoms with Crippen LogP contribution in [-0.4, -0.2) is 14.8 Å². The van der Waals surface area contributed by atoms with Crippen LogP contribution >= 0.6 is 27.5 Å². The maximum absolute atomic E-state index is 6.02. The molecule has 0 aliphatic rings. The van der Waals surface area contributed by atoms with E-state index >= 15 is 0 Å². The summed E-state index contributed by atoms with van der Waals surface area (Å²) < 4.78 is 2.16. The average Bonchev–Trinajstić information content (AvgIpc) is 2.72. The summed E-state index contributed by atoms with van der Waals surface area (Å²) in [6.07, 6.45) is 0. The fraction of sp³-hybridized carbons (Fsp3) is 0.429. The van der Waals surface area contributed by atoms with Gasteiger partial charge < -0.3 is 4.57 Å². The van der Waals surface area contributed by atoms with Crippen LogP contribution in [-0.2, 0) is 10.9 Å². The van der Waals surface area contributed by atoms with Crippen LogP contribution in [0, 0.1) is 6.92 Å². The van der Waals surface area contributed by atoms with Crippen molar-refractivity contribution < 1.29 is 0 Å². The summed E-state index contributed by atoms with van der Waals surface area (Å²) in [6.45, 7) is 8.49. The van der Waals surface area contributed by atoms with Crippen molar-refractivity contribution in [1.82, 2.24) is 14.8 Å². The second kappa shape index (κ2) is 5.25. The number of halogens is 2. The van der Waals surface area contributed by atoms with Crippen molar-refractivity contribution in [2.75, 3.05) is 0 Å². The lowest BCUT2D eigenvalue weighted by Gasteiger charge is -2.25. The highest BCUT2D eigenvalue weighted by Crippen LogP contribution is 2.30. The average molecular weight is 343 g/mol. The Morgan fingerprint density at radius 2 is 1.95 bits per heavy atom. The fourth-order valence-corrected chi connectivity index (χ4v) is 2.75. The van der Waals surface area contributed by atoms with Gasteiger partial charge in [-0.15, -0.1) is 10.2 Å². The molecule has 0 unspecified atom stereocenters. The van der Waals surface area contributed by atoms with E-state index < -0.39 is 0 Å². The van der Waals surface area contributed by atoms with Gasteiger partial charge in [0.2, 0.25) is 0 Å². The molecule has 0 N–H and O–H groups in total. The molecule has 1 heterocycles. The number of hydrogen-bond acceptors (Lipinski definition) is 2. The summed E-state index contributed by atoms with van der Waals surface area (Å²) in [4.78, 5) is 0. The molecule has 3 nitrogen and oxygen atoms in total. The molecule has 0 fully saturated rings. The van der Waals surface area contributed by atoms with E-state index in [9.17, 15) is 0 Å². The zero-order chi connectivity index (χ0) is 14.2. The van der Waals surface area contributed by atoms with Crippen molar-refractivity contribution in [2.45, 2.75) is 38.6 Å². The summed E-state index contributed by atoms with van der Waals surface area (Å²) in [5.74, 6) is 1.81. The van der Waals surface area contributed by atoms with E-state index in [1.54, 1.807) is 0 Å². The number of nitrogens with zero attached hydrogens (tertiary/aromatic N) is 3.